The molecule has 0 atom stereocenters. The lowest BCUT2D eigenvalue weighted by Gasteiger charge is -2.27. The largest absolute Gasteiger partial charge is 0.497 e. The lowest BCUT2D eigenvalue weighted by Crippen LogP contribution is -2.28. The summed E-state index contributed by atoms with van der Waals surface area (Å²) in [6.07, 6.45) is -0.0662. The van der Waals surface area contributed by atoms with Gasteiger partial charge in [-0.2, -0.15) is 0 Å². The van der Waals surface area contributed by atoms with Crippen LogP contribution in [0.2, 0.25) is 19.6 Å². The van der Waals surface area contributed by atoms with Gasteiger partial charge in [-0.1, -0.05) is 24.3 Å². The fraction of sp³-hybridized carbons (Fsp3) is 0.333. The third-order valence-corrected chi connectivity index (χ3v) is 4.25. The normalized spacial score (nSPS) is 11.5. The molecule has 0 saturated carbocycles. The zero-order valence-electron chi connectivity index (χ0n) is 13.9. The van der Waals surface area contributed by atoms with E-state index in [4.69, 9.17) is 13.9 Å². The van der Waals surface area contributed by atoms with Crippen LogP contribution in [0, 0.1) is 0 Å². The van der Waals surface area contributed by atoms with E-state index in [2.05, 4.69) is 43.9 Å². The Morgan fingerprint density at radius 3 is 1.32 bits per heavy atom. The molecule has 3 nitrogen and oxygen atoms in total. The number of rotatable bonds is 6. The standard InChI is InChI=1S/C18H24O3Si/c1-19-16-10-6-14(7-11-16)18(21-22(3,4)5)15-8-12-17(20-2)13-9-15/h6-13,18H,1-5H3. The summed E-state index contributed by atoms with van der Waals surface area (Å²) < 4.78 is 16.9. The number of ether oxygens (including phenoxy) is 2. The van der Waals surface area contributed by atoms with Gasteiger partial charge in [0.2, 0.25) is 0 Å². The summed E-state index contributed by atoms with van der Waals surface area (Å²) >= 11 is 0. The summed E-state index contributed by atoms with van der Waals surface area (Å²) in [6.45, 7) is 6.60. The lowest BCUT2D eigenvalue weighted by atomic mass is 10.0. The predicted octanol–water partition coefficient (Wildman–Crippen LogP) is 4.64. The van der Waals surface area contributed by atoms with Crippen LogP contribution in [0.5, 0.6) is 11.5 Å². The predicted molar refractivity (Wildman–Crippen MR) is 92.3 cm³/mol. The second-order valence-electron chi connectivity index (χ2n) is 6.16. The molecule has 22 heavy (non-hydrogen) atoms. The highest BCUT2D eigenvalue weighted by molar-refractivity contribution is 6.69. The van der Waals surface area contributed by atoms with Crippen LogP contribution in [0.1, 0.15) is 17.2 Å². The van der Waals surface area contributed by atoms with Gasteiger partial charge in [-0.25, -0.2) is 0 Å². The summed E-state index contributed by atoms with van der Waals surface area (Å²) in [5, 5.41) is 0. The Hall–Kier alpha value is -1.78. The summed E-state index contributed by atoms with van der Waals surface area (Å²) in [5.74, 6) is 1.70. The van der Waals surface area contributed by atoms with Crippen molar-refractivity contribution in [2.45, 2.75) is 25.7 Å². The fourth-order valence-electron chi connectivity index (χ4n) is 2.24. The van der Waals surface area contributed by atoms with Crippen LogP contribution in [0.3, 0.4) is 0 Å². The number of hydrogen-bond acceptors (Lipinski definition) is 3. The monoisotopic (exact) mass is 316 g/mol. The molecule has 0 aliphatic heterocycles. The highest BCUT2D eigenvalue weighted by Gasteiger charge is 2.24. The molecule has 0 radical (unpaired) electrons. The van der Waals surface area contributed by atoms with Gasteiger partial charge in [-0.05, 0) is 55.0 Å². The molecule has 0 bridgehead atoms. The Morgan fingerprint density at radius 1 is 0.682 bits per heavy atom. The summed E-state index contributed by atoms with van der Waals surface area (Å²) in [6, 6.07) is 16.1. The Balaban J connectivity index is 2.35. The third kappa shape index (κ3) is 4.35. The van der Waals surface area contributed by atoms with E-state index in [9.17, 15) is 0 Å². The van der Waals surface area contributed by atoms with Crippen molar-refractivity contribution in [1.82, 2.24) is 0 Å². The van der Waals surface area contributed by atoms with E-state index in [1.807, 2.05) is 24.3 Å². The van der Waals surface area contributed by atoms with Crippen LogP contribution >= 0.6 is 0 Å². The van der Waals surface area contributed by atoms with Gasteiger partial charge in [-0.15, -0.1) is 0 Å². The molecule has 0 fully saturated rings. The number of methoxy groups -OCH3 is 2. The van der Waals surface area contributed by atoms with Crippen molar-refractivity contribution < 1.29 is 13.9 Å². The molecule has 0 aromatic heterocycles. The van der Waals surface area contributed by atoms with Crippen molar-refractivity contribution >= 4 is 8.32 Å². The molecule has 0 heterocycles. The maximum atomic E-state index is 6.41. The zero-order valence-corrected chi connectivity index (χ0v) is 14.9. The number of hydrogen-bond donors (Lipinski definition) is 0. The average Bonchev–Trinajstić information content (AvgIpc) is 2.52. The first-order valence-corrected chi connectivity index (χ1v) is 10.8. The molecule has 2 rings (SSSR count). The van der Waals surface area contributed by atoms with Gasteiger partial charge in [0.05, 0.1) is 20.3 Å². The first-order valence-electron chi connectivity index (χ1n) is 7.38. The van der Waals surface area contributed by atoms with E-state index < -0.39 is 8.32 Å². The Morgan fingerprint density at radius 2 is 1.05 bits per heavy atom. The van der Waals surface area contributed by atoms with Crippen LogP contribution in [-0.4, -0.2) is 22.5 Å². The smallest absolute Gasteiger partial charge is 0.185 e. The van der Waals surface area contributed by atoms with Crippen molar-refractivity contribution in [2.24, 2.45) is 0 Å². The molecule has 0 N–H and O–H groups in total. The van der Waals surface area contributed by atoms with Crippen molar-refractivity contribution in [1.29, 1.82) is 0 Å². The highest BCUT2D eigenvalue weighted by Crippen LogP contribution is 2.31. The Labute approximate surface area is 134 Å². The molecule has 0 amide bonds. The third-order valence-electron chi connectivity index (χ3n) is 3.31. The molecule has 0 aliphatic rings. The second-order valence-corrected chi connectivity index (χ2v) is 10.6. The molecular weight excluding hydrogens is 292 g/mol. The second kappa shape index (κ2) is 6.98. The van der Waals surface area contributed by atoms with Gasteiger partial charge in [0.1, 0.15) is 11.5 Å². The molecule has 0 saturated heterocycles. The van der Waals surface area contributed by atoms with E-state index in [-0.39, 0.29) is 6.10 Å². The van der Waals surface area contributed by atoms with Gasteiger partial charge < -0.3 is 13.9 Å². The van der Waals surface area contributed by atoms with E-state index in [1.54, 1.807) is 14.2 Å². The van der Waals surface area contributed by atoms with Gasteiger partial charge in [0.25, 0.3) is 0 Å². The topological polar surface area (TPSA) is 27.7 Å². The van der Waals surface area contributed by atoms with Crippen molar-refractivity contribution in [3.8, 4) is 11.5 Å². The maximum absolute atomic E-state index is 6.41. The quantitative estimate of drug-likeness (QED) is 0.726. The van der Waals surface area contributed by atoms with Crippen LogP contribution in [-0.2, 0) is 4.43 Å². The SMILES string of the molecule is COc1ccc(C(O[Si](C)(C)C)c2ccc(OC)cc2)cc1. The first kappa shape index (κ1) is 16.6. The molecule has 0 spiro atoms. The van der Waals surface area contributed by atoms with Gasteiger partial charge in [0, 0.05) is 0 Å². The lowest BCUT2D eigenvalue weighted by molar-refractivity contribution is 0.239. The molecule has 0 unspecified atom stereocenters. The van der Waals surface area contributed by atoms with Crippen LogP contribution in [0.25, 0.3) is 0 Å². The molecule has 2 aromatic rings. The summed E-state index contributed by atoms with van der Waals surface area (Å²) in [5.41, 5.74) is 2.27. The summed E-state index contributed by atoms with van der Waals surface area (Å²) in [7, 11) is 1.66. The fourth-order valence-corrected chi connectivity index (χ4v) is 3.22. The van der Waals surface area contributed by atoms with Crippen LogP contribution < -0.4 is 9.47 Å². The molecule has 2 aromatic carbocycles. The Kier molecular flexibility index (Phi) is 5.27. The van der Waals surface area contributed by atoms with E-state index in [0.717, 1.165) is 22.6 Å². The number of benzene rings is 2. The van der Waals surface area contributed by atoms with Crippen molar-refractivity contribution in [3.05, 3.63) is 59.7 Å². The van der Waals surface area contributed by atoms with E-state index in [0.29, 0.717) is 0 Å². The minimum Gasteiger partial charge on any atom is -0.497 e. The molecule has 118 valence electrons. The van der Waals surface area contributed by atoms with E-state index >= 15 is 0 Å². The van der Waals surface area contributed by atoms with Gasteiger partial charge >= 0.3 is 0 Å². The Bertz CT molecular complexity index is 538. The maximum Gasteiger partial charge on any atom is 0.185 e. The zero-order chi connectivity index (χ0) is 16.2. The van der Waals surface area contributed by atoms with Crippen LogP contribution in [0.4, 0.5) is 0 Å². The average molecular weight is 316 g/mol. The molecular formula is C18H24O3Si. The minimum absolute atomic E-state index is 0.0662. The first-order chi connectivity index (χ1) is 10.4. The van der Waals surface area contributed by atoms with Crippen molar-refractivity contribution in [3.63, 3.8) is 0 Å². The summed E-state index contributed by atoms with van der Waals surface area (Å²) in [4.78, 5) is 0. The molecule has 0 aliphatic carbocycles. The van der Waals surface area contributed by atoms with Gasteiger partial charge in [0.15, 0.2) is 8.32 Å². The minimum atomic E-state index is -1.69. The van der Waals surface area contributed by atoms with Crippen molar-refractivity contribution in [2.75, 3.05) is 14.2 Å². The molecule has 4 heteroatoms. The van der Waals surface area contributed by atoms with Gasteiger partial charge in [-0.3, -0.25) is 0 Å². The van der Waals surface area contributed by atoms with Crippen LogP contribution in [0.15, 0.2) is 48.5 Å². The van der Waals surface area contributed by atoms with E-state index in [1.165, 1.54) is 0 Å². The highest BCUT2D eigenvalue weighted by atomic mass is 28.4.